The van der Waals surface area contributed by atoms with Gasteiger partial charge in [-0.2, -0.15) is 75.5 Å². The van der Waals surface area contributed by atoms with Crippen molar-refractivity contribution < 1.29 is 75.0 Å². The van der Waals surface area contributed by atoms with E-state index in [9.17, 15) is 70.2 Å². The number of alkyl halides is 16. The molecule has 188 valence electrons. The van der Waals surface area contributed by atoms with Gasteiger partial charge in [-0.25, -0.2) is 0 Å². The average molecular weight is 519 g/mol. The Bertz CT molecular complexity index is 883. The third-order valence-corrected chi connectivity index (χ3v) is 3.86. The fourth-order valence-electron chi connectivity index (χ4n) is 1.92. The molecule has 0 N–H and O–H groups in total. The number of hydrogen-bond acceptors (Lipinski definition) is 2. The zero-order chi connectivity index (χ0) is 26.5. The van der Waals surface area contributed by atoms with Gasteiger partial charge in [0.25, 0.3) is 0 Å². The molecule has 0 saturated carbocycles. The smallest absolute Gasteiger partial charge is 0.454 e. The first-order valence-corrected chi connectivity index (χ1v) is 7.58. The van der Waals surface area contributed by atoms with Crippen LogP contribution in [0.2, 0.25) is 0 Å². The zero-order valence-electron chi connectivity index (χ0n) is 14.8. The quantitative estimate of drug-likeness (QED) is 0.363. The second-order valence-electron chi connectivity index (χ2n) is 6.06. The Balaban J connectivity index is 3.44. The van der Waals surface area contributed by atoms with Gasteiger partial charge < -0.3 is 4.74 Å². The summed E-state index contributed by atoms with van der Waals surface area (Å²) in [5, 5.41) is 8.46. The molecule has 1 rings (SSSR count). The van der Waals surface area contributed by atoms with Crippen LogP contribution in [0.5, 0.6) is 5.75 Å². The van der Waals surface area contributed by atoms with E-state index in [-0.39, 0.29) is 5.56 Å². The number of benzene rings is 1. The van der Waals surface area contributed by atoms with Gasteiger partial charge in [-0.3, -0.25) is 0 Å². The summed E-state index contributed by atoms with van der Waals surface area (Å²) in [6.45, 7) is 0. The third kappa shape index (κ3) is 4.09. The highest BCUT2D eigenvalue weighted by Crippen LogP contribution is 2.62. The van der Waals surface area contributed by atoms with Gasteiger partial charge in [0.15, 0.2) is 0 Å². The normalized spacial score (nSPS) is 15.7. The van der Waals surface area contributed by atoms with E-state index in [1.165, 1.54) is 6.07 Å². The Hall–Kier alpha value is -2.61. The van der Waals surface area contributed by atoms with Gasteiger partial charge in [0.05, 0.1) is 11.6 Å². The van der Waals surface area contributed by atoms with Crippen LogP contribution in [0.3, 0.4) is 0 Å². The Morgan fingerprint density at radius 2 is 0.970 bits per heavy atom. The lowest BCUT2D eigenvalue weighted by Crippen LogP contribution is -2.73. The minimum absolute atomic E-state index is 0.270. The molecule has 0 radical (unpaired) electrons. The summed E-state index contributed by atoms with van der Waals surface area (Å²) in [5.74, 6) is -49.9. The lowest BCUT2D eigenvalue weighted by Gasteiger charge is -2.41. The minimum atomic E-state index is -8.51. The van der Waals surface area contributed by atoms with Gasteiger partial charge in [0, 0.05) is 0 Å². The van der Waals surface area contributed by atoms with Crippen molar-refractivity contribution in [3.63, 3.8) is 0 Å². The number of hydrogen-bond donors (Lipinski definition) is 0. The van der Waals surface area contributed by atoms with Gasteiger partial charge in [-0.05, 0) is 24.3 Å². The van der Waals surface area contributed by atoms with E-state index in [0.717, 1.165) is 0 Å². The van der Waals surface area contributed by atoms with Gasteiger partial charge >= 0.3 is 48.1 Å². The monoisotopic (exact) mass is 519 g/mol. The molecule has 0 aliphatic rings. The van der Waals surface area contributed by atoms with Crippen molar-refractivity contribution in [3.05, 3.63) is 29.8 Å². The summed E-state index contributed by atoms with van der Waals surface area (Å²) in [4.78, 5) is 0. The molecule has 0 aromatic heterocycles. The highest BCUT2D eigenvalue weighted by molar-refractivity contribution is 5.34. The highest BCUT2D eigenvalue weighted by Gasteiger charge is 2.94. The van der Waals surface area contributed by atoms with E-state index >= 15 is 0 Å². The van der Waals surface area contributed by atoms with Crippen molar-refractivity contribution in [2.75, 3.05) is 0 Å². The third-order valence-electron chi connectivity index (χ3n) is 3.86. The summed E-state index contributed by atoms with van der Waals surface area (Å²) in [5.41, 5.74) is -0.270. The Morgan fingerprint density at radius 1 is 0.606 bits per heavy atom. The maximum atomic E-state index is 13.6. The molecule has 0 fully saturated rings. The molecule has 1 unspecified atom stereocenters. The number of nitriles is 1. The molecule has 0 amide bonds. The second kappa shape index (κ2) is 8.01. The Morgan fingerprint density at radius 3 is 1.33 bits per heavy atom. The molecule has 1 aromatic carbocycles. The van der Waals surface area contributed by atoms with Crippen molar-refractivity contribution in [1.82, 2.24) is 0 Å². The first-order chi connectivity index (χ1) is 14.4. The van der Waals surface area contributed by atoms with Crippen molar-refractivity contribution in [2.24, 2.45) is 0 Å². The summed E-state index contributed by atoms with van der Waals surface area (Å²) in [6, 6.07) is 3.57. The first-order valence-electron chi connectivity index (χ1n) is 7.58. The molecule has 18 heteroatoms. The van der Waals surface area contributed by atoms with Gasteiger partial charge in [-0.1, -0.05) is 0 Å². The molecule has 33 heavy (non-hydrogen) atoms. The topological polar surface area (TPSA) is 33.0 Å². The van der Waals surface area contributed by atoms with Crippen LogP contribution in [0.25, 0.3) is 0 Å². The standard InChI is InChI=1S/C15H5F16NO/c16-8(33-7-3-1-6(5-32)2-4-7)9(17,18)10(19,20)11(21,22)12(23,24)13(25,26)14(27,28)15(29,30)31/h1-4,8H. The number of nitrogens with zero attached hydrogens (tertiary/aromatic N) is 1. The van der Waals surface area contributed by atoms with E-state index in [1.807, 2.05) is 0 Å². The molecular formula is C15H5F16NO. The fraction of sp³-hybridized carbons (Fsp3) is 0.533. The predicted molar refractivity (Wildman–Crippen MR) is 72.4 cm³/mol. The molecule has 0 saturated heterocycles. The number of ether oxygens (including phenoxy) is 1. The van der Waals surface area contributed by atoms with E-state index in [2.05, 4.69) is 4.74 Å². The summed E-state index contributed by atoms with van der Waals surface area (Å²) < 4.78 is 212. The second-order valence-corrected chi connectivity index (χ2v) is 6.06. The number of halogens is 16. The van der Waals surface area contributed by atoms with Crippen LogP contribution >= 0.6 is 0 Å². The van der Waals surface area contributed by atoms with Crippen molar-refractivity contribution in [3.8, 4) is 11.8 Å². The molecule has 2 nitrogen and oxygen atoms in total. The van der Waals surface area contributed by atoms with Crippen LogP contribution < -0.4 is 4.74 Å². The maximum Gasteiger partial charge on any atom is 0.460 e. The van der Waals surface area contributed by atoms with Crippen LogP contribution in [0.4, 0.5) is 70.2 Å². The molecule has 0 spiro atoms. The van der Waals surface area contributed by atoms with Gasteiger partial charge in [-0.15, -0.1) is 0 Å². The highest BCUT2D eigenvalue weighted by atomic mass is 19.4. The van der Waals surface area contributed by atoms with E-state index in [1.54, 1.807) is 0 Å². The Labute approximate surface area is 171 Å². The summed E-state index contributed by atoms with van der Waals surface area (Å²) >= 11 is 0. The van der Waals surface area contributed by atoms with Crippen LogP contribution in [0.15, 0.2) is 24.3 Å². The van der Waals surface area contributed by atoms with Crippen LogP contribution in [0, 0.1) is 11.3 Å². The van der Waals surface area contributed by atoms with Crippen molar-refractivity contribution >= 4 is 0 Å². The van der Waals surface area contributed by atoms with Crippen LogP contribution in [-0.4, -0.2) is 48.1 Å². The molecule has 0 aliphatic heterocycles. The Kier molecular flexibility index (Phi) is 6.90. The molecule has 0 bridgehead atoms. The van der Waals surface area contributed by atoms with Crippen molar-refractivity contribution in [2.45, 2.75) is 48.1 Å². The van der Waals surface area contributed by atoms with E-state index < -0.39 is 53.8 Å². The largest absolute Gasteiger partial charge is 0.460 e. The predicted octanol–water partition coefficient (Wildman–Crippen LogP) is 6.61. The number of rotatable bonds is 8. The van der Waals surface area contributed by atoms with Crippen LogP contribution in [-0.2, 0) is 0 Å². The van der Waals surface area contributed by atoms with Crippen molar-refractivity contribution in [1.29, 1.82) is 5.26 Å². The molecule has 0 heterocycles. The van der Waals surface area contributed by atoms with E-state index in [0.29, 0.717) is 24.3 Å². The van der Waals surface area contributed by atoms with Gasteiger partial charge in [0.2, 0.25) is 0 Å². The average Bonchev–Trinajstić information content (AvgIpc) is 2.66. The maximum absolute atomic E-state index is 13.6. The fourth-order valence-corrected chi connectivity index (χ4v) is 1.92. The lowest BCUT2D eigenvalue weighted by molar-refractivity contribution is -0.457. The van der Waals surface area contributed by atoms with E-state index in [4.69, 9.17) is 5.26 Å². The van der Waals surface area contributed by atoms with Crippen LogP contribution in [0.1, 0.15) is 5.56 Å². The first kappa shape index (κ1) is 28.4. The summed E-state index contributed by atoms with van der Waals surface area (Å²) in [7, 11) is 0. The zero-order valence-corrected chi connectivity index (χ0v) is 14.8. The molecular weight excluding hydrogens is 514 g/mol. The molecule has 0 aliphatic carbocycles. The minimum Gasteiger partial charge on any atom is -0.454 e. The molecule has 1 atom stereocenters. The summed E-state index contributed by atoms with van der Waals surface area (Å²) in [6.07, 6.45) is -12.8. The lowest BCUT2D eigenvalue weighted by atomic mass is 9.91. The SMILES string of the molecule is N#Cc1ccc(OC(F)C(F)(F)C(F)(F)C(F)(F)C(F)(F)C(F)(F)C(F)(F)C(F)(F)F)cc1. The molecule has 1 aromatic rings. The van der Waals surface area contributed by atoms with Gasteiger partial charge in [0.1, 0.15) is 5.75 Å².